The number of benzene rings is 2. The summed E-state index contributed by atoms with van der Waals surface area (Å²) < 4.78 is 6.34. The number of rotatable bonds is 6. The van der Waals surface area contributed by atoms with Crippen LogP contribution in [-0.4, -0.2) is 41.7 Å². The van der Waals surface area contributed by atoms with E-state index in [0.717, 1.165) is 50.4 Å². The maximum Gasteiger partial charge on any atom is 0.307 e. The van der Waals surface area contributed by atoms with E-state index in [4.69, 9.17) is 9.84 Å². The van der Waals surface area contributed by atoms with Gasteiger partial charge in [-0.2, -0.15) is 0 Å². The molecule has 0 bridgehead atoms. The van der Waals surface area contributed by atoms with Gasteiger partial charge in [0, 0.05) is 13.1 Å². The van der Waals surface area contributed by atoms with Gasteiger partial charge in [-0.1, -0.05) is 45.0 Å². The summed E-state index contributed by atoms with van der Waals surface area (Å²) in [5, 5.41) is 11.6. The molecular formula is C27H37NO3. The molecule has 0 radical (unpaired) electrons. The first-order valence-electron chi connectivity index (χ1n) is 11.9. The minimum atomic E-state index is -0.659. The minimum Gasteiger partial charge on any atom is -0.490 e. The zero-order valence-electron chi connectivity index (χ0n) is 19.3. The molecule has 4 heteroatoms. The van der Waals surface area contributed by atoms with E-state index in [0.29, 0.717) is 18.1 Å². The Balaban J connectivity index is 1.32. The van der Waals surface area contributed by atoms with Gasteiger partial charge >= 0.3 is 5.97 Å². The highest BCUT2D eigenvalue weighted by Gasteiger charge is 2.30. The molecule has 1 heterocycles. The molecule has 1 atom stereocenters. The summed E-state index contributed by atoms with van der Waals surface area (Å²) in [5.41, 5.74) is 1.71. The normalized spacial score (nSPS) is 25.1. The summed E-state index contributed by atoms with van der Waals surface area (Å²) >= 11 is 0. The van der Waals surface area contributed by atoms with Crippen LogP contribution in [0, 0.1) is 17.3 Å². The third-order valence-electron chi connectivity index (χ3n) is 7.42. The van der Waals surface area contributed by atoms with Crippen LogP contribution in [0.5, 0.6) is 5.75 Å². The predicted molar refractivity (Wildman–Crippen MR) is 126 cm³/mol. The Morgan fingerprint density at radius 3 is 2.42 bits per heavy atom. The van der Waals surface area contributed by atoms with E-state index in [2.05, 4.69) is 62.1 Å². The number of aliphatic carboxylic acids is 1. The Morgan fingerprint density at radius 1 is 1.03 bits per heavy atom. The van der Waals surface area contributed by atoms with Crippen molar-refractivity contribution >= 4 is 16.7 Å². The Hall–Kier alpha value is -2.07. The summed E-state index contributed by atoms with van der Waals surface area (Å²) in [6.07, 6.45) is 6.89. The van der Waals surface area contributed by atoms with Crippen molar-refractivity contribution in [2.75, 3.05) is 19.6 Å². The zero-order chi connectivity index (χ0) is 22.0. The number of carboxylic acid groups (broad SMARTS) is 1. The van der Waals surface area contributed by atoms with Crippen molar-refractivity contribution in [2.45, 2.75) is 65.4 Å². The fourth-order valence-corrected chi connectivity index (χ4v) is 5.27. The average molecular weight is 424 g/mol. The van der Waals surface area contributed by atoms with Crippen molar-refractivity contribution in [3.8, 4) is 5.75 Å². The van der Waals surface area contributed by atoms with E-state index in [1.165, 1.54) is 29.2 Å². The monoisotopic (exact) mass is 423 g/mol. The molecule has 1 unspecified atom stereocenters. The van der Waals surface area contributed by atoms with Gasteiger partial charge in [-0.15, -0.1) is 0 Å². The molecule has 2 aliphatic rings. The summed E-state index contributed by atoms with van der Waals surface area (Å²) in [5.74, 6) is 0.932. The quantitative estimate of drug-likeness (QED) is 0.640. The van der Waals surface area contributed by atoms with Crippen LogP contribution in [0.4, 0.5) is 0 Å². The molecule has 168 valence electrons. The lowest BCUT2D eigenvalue weighted by Crippen LogP contribution is -2.30. The van der Waals surface area contributed by atoms with Crippen LogP contribution < -0.4 is 4.74 Å². The van der Waals surface area contributed by atoms with Crippen LogP contribution >= 0.6 is 0 Å². The van der Waals surface area contributed by atoms with Crippen LogP contribution in [0.15, 0.2) is 36.4 Å². The van der Waals surface area contributed by atoms with Crippen molar-refractivity contribution in [1.29, 1.82) is 0 Å². The van der Waals surface area contributed by atoms with Gasteiger partial charge in [0.25, 0.3) is 0 Å². The van der Waals surface area contributed by atoms with E-state index >= 15 is 0 Å². The SMILES string of the molecule is CC(C)(C)C1CCC(Oc2ccc3cc(CCN4CCC(C(=O)O)C4)ccc3c2)CC1. The van der Waals surface area contributed by atoms with E-state index in [-0.39, 0.29) is 5.92 Å². The number of carbonyl (C=O) groups is 1. The molecule has 1 saturated heterocycles. The van der Waals surface area contributed by atoms with E-state index in [1.807, 2.05) is 0 Å². The summed E-state index contributed by atoms with van der Waals surface area (Å²) in [6, 6.07) is 13.1. The molecule has 0 amide bonds. The van der Waals surface area contributed by atoms with Gasteiger partial charge in [-0.05, 0) is 84.9 Å². The fourth-order valence-electron chi connectivity index (χ4n) is 5.27. The number of hydrogen-bond acceptors (Lipinski definition) is 3. The smallest absolute Gasteiger partial charge is 0.307 e. The third kappa shape index (κ3) is 5.60. The number of likely N-dealkylation sites (tertiary alicyclic amines) is 1. The average Bonchev–Trinajstić information content (AvgIpc) is 3.21. The van der Waals surface area contributed by atoms with Crippen LogP contribution in [0.2, 0.25) is 0 Å². The highest BCUT2D eigenvalue weighted by atomic mass is 16.5. The topological polar surface area (TPSA) is 49.8 Å². The van der Waals surface area contributed by atoms with Crippen LogP contribution in [-0.2, 0) is 11.2 Å². The Kier molecular flexibility index (Phi) is 6.57. The molecule has 1 aliphatic heterocycles. The molecule has 0 spiro atoms. The molecule has 2 aromatic rings. The molecule has 1 aliphatic carbocycles. The van der Waals surface area contributed by atoms with Crippen molar-refractivity contribution in [3.05, 3.63) is 42.0 Å². The number of ether oxygens (including phenoxy) is 1. The molecule has 2 aromatic carbocycles. The predicted octanol–water partition coefficient (Wildman–Crippen LogP) is 5.77. The van der Waals surface area contributed by atoms with Gasteiger partial charge in [0.05, 0.1) is 12.0 Å². The van der Waals surface area contributed by atoms with E-state index in [1.54, 1.807) is 0 Å². The van der Waals surface area contributed by atoms with E-state index in [9.17, 15) is 4.79 Å². The summed E-state index contributed by atoms with van der Waals surface area (Å²) in [4.78, 5) is 13.4. The molecule has 2 fully saturated rings. The van der Waals surface area contributed by atoms with Crippen LogP contribution in [0.3, 0.4) is 0 Å². The van der Waals surface area contributed by atoms with Gasteiger partial charge < -0.3 is 14.7 Å². The lowest BCUT2D eigenvalue weighted by Gasteiger charge is -2.37. The first-order valence-corrected chi connectivity index (χ1v) is 11.9. The first-order chi connectivity index (χ1) is 14.8. The lowest BCUT2D eigenvalue weighted by atomic mass is 9.72. The molecule has 1 saturated carbocycles. The second-order valence-corrected chi connectivity index (χ2v) is 10.7. The van der Waals surface area contributed by atoms with Gasteiger partial charge in [-0.3, -0.25) is 4.79 Å². The van der Waals surface area contributed by atoms with E-state index < -0.39 is 5.97 Å². The molecule has 0 aromatic heterocycles. The standard InChI is InChI=1S/C27H37NO3/c1-27(2,3)23-7-10-24(11-8-23)31-25-9-6-20-16-19(4-5-21(20)17-25)12-14-28-15-13-22(18-28)26(29)30/h4-6,9,16-17,22-24H,7-8,10-15,18H2,1-3H3,(H,29,30). The van der Waals surface area contributed by atoms with Gasteiger partial charge in [0.15, 0.2) is 0 Å². The van der Waals surface area contributed by atoms with Gasteiger partial charge in [0.2, 0.25) is 0 Å². The summed E-state index contributed by atoms with van der Waals surface area (Å²) in [6.45, 7) is 9.56. The molecule has 1 N–H and O–H groups in total. The Labute approximate surface area is 186 Å². The van der Waals surface area contributed by atoms with Crippen LogP contribution in [0.1, 0.15) is 58.4 Å². The van der Waals surface area contributed by atoms with Crippen LogP contribution in [0.25, 0.3) is 10.8 Å². The number of carboxylic acids is 1. The highest BCUT2D eigenvalue weighted by molar-refractivity contribution is 5.84. The molecule has 4 nitrogen and oxygen atoms in total. The maximum atomic E-state index is 11.1. The second kappa shape index (κ2) is 9.20. The number of fused-ring (bicyclic) bond motifs is 1. The van der Waals surface area contributed by atoms with Gasteiger partial charge in [-0.25, -0.2) is 0 Å². The fraction of sp³-hybridized carbons (Fsp3) is 0.593. The molecular weight excluding hydrogens is 386 g/mol. The van der Waals surface area contributed by atoms with Crippen molar-refractivity contribution in [3.63, 3.8) is 0 Å². The first kappa shape index (κ1) is 22.1. The number of nitrogens with zero attached hydrogens (tertiary/aromatic N) is 1. The Bertz CT molecular complexity index is 908. The molecule has 4 rings (SSSR count). The van der Waals surface area contributed by atoms with Crippen molar-refractivity contribution < 1.29 is 14.6 Å². The maximum absolute atomic E-state index is 11.1. The van der Waals surface area contributed by atoms with Crippen molar-refractivity contribution in [1.82, 2.24) is 4.90 Å². The van der Waals surface area contributed by atoms with Gasteiger partial charge in [0.1, 0.15) is 5.75 Å². The largest absolute Gasteiger partial charge is 0.490 e. The highest BCUT2D eigenvalue weighted by Crippen LogP contribution is 2.39. The zero-order valence-corrected chi connectivity index (χ0v) is 19.3. The summed E-state index contributed by atoms with van der Waals surface area (Å²) in [7, 11) is 0. The lowest BCUT2D eigenvalue weighted by molar-refractivity contribution is -0.141. The van der Waals surface area contributed by atoms with Crippen molar-refractivity contribution in [2.24, 2.45) is 17.3 Å². The second-order valence-electron chi connectivity index (χ2n) is 10.7. The third-order valence-corrected chi connectivity index (χ3v) is 7.42. The number of hydrogen-bond donors (Lipinski definition) is 1. The minimum absolute atomic E-state index is 0.196. The molecule has 31 heavy (non-hydrogen) atoms. The Morgan fingerprint density at radius 2 is 1.74 bits per heavy atom.